The van der Waals surface area contributed by atoms with Crippen molar-refractivity contribution in [3.63, 3.8) is 0 Å². The predicted molar refractivity (Wildman–Crippen MR) is 102 cm³/mol. The van der Waals surface area contributed by atoms with Crippen LogP contribution in [0.2, 0.25) is 10.0 Å². The van der Waals surface area contributed by atoms with E-state index in [0.29, 0.717) is 0 Å². The van der Waals surface area contributed by atoms with Crippen molar-refractivity contribution < 1.29 is 23.9 Å². The third-order valence-electron chi connectivity index (χ3n) is 4.13. The summed E-state index contributed by atoms with van der Waals surface area (Å²) in [7, 11) is 0. The summed E-state index contributed by atoms with van der Waals surface area (Å²) in [6.07, 6.45) is 0. The maximum absolute atomic E-state index is 12.4. The van der Waals surface area contributed by atoms with Gasteiger partial charge in [-0.25, -0.2) is 4.79 Å². The minimum absolute atomic E-state index is 0.156. The van der Waals surface area contributed by atoms with Crippen LogP contribution in [-0.4, -0.2) is 41.2 Å². The van der Waals surface area contributed by atoms with E-state index in [9.17, 15) is 19.2 Å². The average Bonchev–Trinajstić information content (AvgIpc) is 2.94. The Kier molecular flexibility index (Phi) is 5.67. The van der Waals surface area contributed by atoms with Gasteiger partial charge in [0.1, 0.15) is 6.04 Å². The van der Waals surface area contributed by atoms with Gasteiger partial charge in [0.05, 0.1) is 26.9 Å². The zero-order valence-corrected chi connectivity index (χ0v) is 16.1. The smallest absolute Gasteiger partial charge is 0.329 e. The average molecular weight is 421 g/mol. The number of amides is 3. The molecule has 1 heterocycles. The van der Waals surface area contributed by atoms with Crippen molar-refractivity contribution in [2.24, 2.45) is 0 Å². The third-order valence-corrected chi connectivity index (χ3v) is 4.94. The number of benzene rings is 2. The summed E-state index contributed by atoms with van der Waals surface area (Å²) in [4.78, 5) is 49.9. The van der Waals surface area contributed by atoms with Crippen LogP contribution in [0, 0.1) is 0 Å². The number of carbonyl (C=O) groups excluding carboxylic acids is 4. The highest BCUT2D eigenvalue weighted by molar-refractivity contribution is 6.44. The number of hydrogen-bond donors (Lipinski definition) is 1. The van der Waals surface area contributed by atoms with Crippen LogP contribution < -0.4 is 5.32 Å². The lowest BCUT2D eigenvalue weighted by atomic mass is 10.1. The molecule has 0 spiro atoms. The Labute approximate surface area is 170 Å². The van der Waals surface area contributed by atoms with Gasteiger partial charge < -0.3 is 10.1 Å². The van der Waals surface area contributed by atoms with E-state index in [1.807, 2.05) is 0 Å². The number of carbonyl (C=O) groups is 4. The van der Waals surface area contributed by atoms with E-state index >= 15 is 0 Å². The molecule has 0 bridgehead atoms. The second-order valence-electron chi connectivity index (χ2n) is 5.96. The van der Waals surface area contributed by atoms with E-state index in [-0.39, 0.29) is 26.9 Å². The fourth-order valence-corrected chi connectivity index (χ4v) is 3.06. The second-order valence-corrected chi connectivity index (χ2v) is 6.74. The first-order valence-electron chi connectivity index (χ1n) is 8.18. The fraction of sp³-hybridized carbons (Fsp3) is 0.158. The van der Waals surface area contributed by atoms with Gasteiger partial charge in [-0.1, -0.05) is 41.4 Å². The maximum Gasteiger partial charge on any atom is 0.329 e. The van der Waals surface area contributed by atoms with Crippen LogP contribution >= 0.6 is 23.2 Å². The molecule has 1 atom stereocenters. The van der Waals surface area contributed by atoms with Crippen LogP contribution in [0.3, 0.4) is 0 Å². The highest BCUT2D eigenvalue weighted by atomic mass is 35.5. The van der Waals surface area contributed by atoms with Crippen LogP contribution in [0.25, 0.3) is 0 Å². The number of nitrogens with one attached hydrogen (secondary N) is 1. The molecule has 28 heavy (non-hydrogen) atoms. The number of ether oxygens (including phenoxy) is 1. The molecule has 1 aliphatic rings. The third kappa shape index (κ3) is 3.72. The summed E-state index contributed by atoms with van der Waals surface area (Å²) in [5.74, 6) is -2.70. The van der Waals surface area contributed by atoms with E-state index in [2.05, 4.69) is 5.32 Å². The Bertz CT molecular complexity index is 957. The molecule has 9 heteroatoms. The van der Waals surface area contributed by atoms with Crippen molar-refractivity contribution in [3.05, 3.63) is 63.6 Å². The van der Waals surface area contributed by atoms with Crippen LogP contribution in [-0.2, 0) is 14.3 Å². The Morgan fingerprint density at radius 3 is 2.25 bits per heavy atom. The summed E-state index contributed by atoms with van der Waals surface area (Å²) in [5.41, 5.74) is 0.713. The summed E-state index contributed by atoms with van der Waals surface area (Å²) < 4.78 is 4.94. The number of hydrogen-bond acceptors (Lipinski definition) is 5. The first-order chi connectivity index (χ1) is 13.3. The molecule has 0 fully saturated rings. The lowest BCUT2D eigenvalue weighted by Gasteiger charge is -2.20. The van der Waals surface area contributed by atoms with Crippen LogP contribution in [0.5, 0.6) is 0 Å². The molecule has 2 aromatic rings. The molecule has 1 unspecified atom stereocenters. The summed E-state index contributed by atoms with van der Waals surface area (Å²) >= 11 is 11.8. The van der Waals surface area contributed by atoms with Gasteiger partial charge >= 0.3 is 5.97 Å². The highest BCUT2D eigenvalue weighted by Crippen LogP contribution is 2.29. The summed E-state index contributed by atoms with van der Waals surface area (Å²) in [6, 6.07) is 9.78. The van der Waals surface area contributed by atoms with E-state index in [1.165, 1.54) is 25.1 Å². The Morgan fingerprint density at radius 2 is 1.64 bits per heavy atom. The van der Waals surface area contributed by atoms with Crippen molar-refractivity contribution in [3.8, 4) is 0 Å². The largest absolute Gasteiger partial charge is 0.454 e. The molecular formula is C19H14Cl2N2O5. The molecule has 0 aromatic heterocycles. The van der Waals surface area contributed by atoms with Crippen molar-refractivity contribution in [2.75, 3.05) is 11.9 Å². The molecule has 0 saturated carbocycles. The van der Waals surface area contributed by atoms with Crippen LogP contribution in [0.4, 0.5) is 5.69 Å². The number of esters is 1. The Balaban J connectivity index is 1.61. The van der Waals surface area contributed by atoms with Gasteiger partial charge in [-0.05, 0) is 31.2 Å². The van der Waals surface area contributed by atoms with Crippen molar-refractivity contribution >= 4 is 52.6 Å². The number of nitrogens with zero attached hydrogens (tertiary/aromatic N) is 1. The minimum Gasteiger partial charge on any atom is -0.454 e. The first kappa shape index (κ1) is 19.9. The zero-order chi connectivity index (χ0) is 20.4. The van der Waals surface area contributed by atoms with E-state index in [0.717, 1.165) is 4.90 Å². The quantitative estimate of drug-likeness (QED) is 0.592. The fourth-order valence-electron chi connectivity index (χ4n) is 2.71. The molecule has 1 aliphatic heterocycles. The predicted octanol–water partition coefficient (Wildman–Crippen LogP) is 3.16. The number of halogens is 2. The van der Waals surface area contributed by atoms with E-state index in [4.69, 9.17) is 27.9 Å². The second kappa shape index (κ2) is 8.00. The van der Waals surface area contributed by atoms with Crippen LogP contribution in [0.1, 0.15) is 27.6 Å². The van der Waals surface area contributed by atoms with Gasteiger partial charge in [0.15, 0.2) is 6.61 Å². The standard InChI is InChI=1S/C19H14Cl2N2O5/c1-10(23-17(25)11-5-2-3-6-12(11)18(23)26)19(27)28-9-15(24)22-14-8-4-7-13(20)16(14)21/h2-8,10H,9H2,1H3,(H,22,24). The Hall–Kier alpha value is -2.90. The minimum atomic E-state index is -1.19. The van der Waals surface area contributed by atoms with E-state index < -0.39 is 36.3 Å². The molecule has 0 saturated heterocycles. The summed E-state index contributed by atoms with van der Waals surface area (Å²) in [5, 5.41) is 2.88. The number of imide groups is 1. The molecule has 7 nitrogen and oxygen atoms in total. The highest BCUT2D eigenvalue weighted by Gasteiger charge is 2.41. The van der Waals surface area contributed by atoms with Gasteiger partial charge in [0.25, 0.3) is 17.7 Å². The Morgan fingerprint density at radius 1 is 1.04 bits per heavy atom. The van der Waals surface area contributed by atoms with Crippen LogP contribution in [0.15, 0.2) is 42.5 Å². The monoisotopic (exact) mass is 420 g/mol. The molecule has 2 aromatic carbocycles. The molecule has 3 amide bonds. The molecule has 0 radical (unpaired) electrons. The van der Waals surface area contributed by atoms with Crippen molar-refractivity contribution in [1.29, 1.82) is 0 Å². The number of fused-ring (bicyclic) bond motifs is 1. The van der Waals surface area contributed by atoms with Crippen molar-refractivity contribution in [2.45, 2.75) is 13.0 Å². The zero-order valence-electron chi connectivity index (χ0n) is 14.6. The van der Waals surface area contributed by atoms with Gasteiger partial charge in [-0.3, -0.25) is 19.3 Å². The summed E-state index contributed by atoms with van der Waals surface area (Å²) in [6.45, 7) is 0.741. The van der Waals surface area contributed by atoms with Gasteiger partial charge in [-0.2, -0.15) is 0 Å². The maximum atomic E-state index is 12.4. The molecular weight excluding hydrogens is 407 g/mol. The molecule has 0 aliphatic carbocycles. The van der Waals surface area contributed by atoms with Gasteiger partial charge in [-0.15, -0.1) is 0 Å². The van der Waals surface area contributed by atoms with Crippen molar-refractivity contribution in [1.82, 2.24) is 4.90 Å². The topological polar surface area (TPSA) is 92.8 Å². The molecule has 1 N–H and O–H groups in total. The normalized spacial score (nSPS) is 13.9. The lowest BCUT2D eigenvalue weighted by Crippen LogP contribution is -2.44. The molecule has 3 rings (SSSR count). The van der Waals surface area contributed by atoms with Gasteiger partial charge in [0, 0.05) is 0 Å². The molecule has 144 valence electrons. The van der Waals surface area contributed by atoms with E-state index in [1.54, 1.807) is 24.3 Å². The SMILES string of the molecule is CC(C(=O)OCC(=O)Nc1cccc(Cl)c1Cl)N1C(=O)c2ccccc2C1=O. The van der Waals surface area contributed by atoms with Gasteiger partial charge in [0.2, 0.25) is 0 Å². The number of anilines is 1. The number of rotatable bonds is 5. The first-order valence-corrected chi connectivity index (χ1v) is 8.94. The lowest BCUT2D eigenvalue weighted by molar-refractivity contribution is -0.150.